The fourth-order valence-corrected chi connectivity index (χ4v) is 6.24. The maximum Gasteiger partial charge on any atom is 0.425 e. The lowest BCUT2D eigenvalue weighted by Crippen LogP contribution is -2.38. The second-order valence-corrected chi connectivity index (χ2v) is 9.38. The van der Waals surface area contributed by atoms with E-state index in [4.69, 9.17) is 4.74 Å². The third-order valence-corrected chi connectivity index (χ3v) is 7.89. The monoisotopic (exact) mass is 406 g/mol. The van der Waals surface area contributed by atoms with E-state index in [0.29, 0.717) is 16.0 Å². The highest BCUT2D eigenvalue weighted by molar-refractivity contribution is 8.06. The van der Waals surface area contributed by atoms with Crippen LogP contribution in [0.15, 0.2) is 59.5 Å². The Balaban J connectivity index is 1.91. The van der Waals surface area contributed by atoms with Crippen LogP contribution in [0, 0.1) is 5.92 Å². The number of rotatable bonds is 4. The Bertz CT molecular complexity index is 955. The average molecular weight is 406 g/mol. The van der Waals surface area contributed by atoms with Gasteiger partial charge in [-0.2, -0.15) is 0 Å². The minimum Gasteiger partial charge on any atom is -0.480 e. The Labute approximate surface area is 161 Å². The molecule has 27 heavy (non-hydrogen) atoms. The number of thioether (sulfide) groups is 1. The van der Waals surface area contributed by atoms with E-state index in [2.05, 4.69) is 0 Å². The highest BCUT2D eigenvalue weighted by Crippen LogP contribution is 2.48. The summed E-state index contributed by atoms with van der Waals surface area (Å²) in [6.45, 7) is 1.37. The topological polar surface area (TPSA) is 97.7 Å². The zero-order valence-corrected chi connectivity index (χ0v) is 16.1. The number of sulfone groups is 1. The fraction of sp³-hybridized carbons (Fsp3) is 0.263. The van der Waals surface area contributed by atoms with Crippen molar-refractivity contribution in [2.45, 2.75) is 28.9 Å². The molecule has 0 aromatic heterocycles. The van der Waals surface area contributed by atoms with E-state index >= 15 is 0 Å². The third kappa shape index (κ3) is 3.86. The lowest BCUT2D eigenvalue weighted by Gasteiger charge is -2.33. The number of fused-ring (bicyclic) bond motifs is 1. The molecule has 0 aliphatic carbocycles. The van der Waals surface area contributed by atoms with Crippen molar-refractivity contribution in [2.75, 3.05) is 0 Å². The Morgan fingerprint density at radius 3 is 2.37 bits per heavy atom. The molecule has 0 amide bonds. The summed E-state index contributed by atoms with van der Waals surface area (Å²) >= 11 is 1.10. The van der Waals surface area contributed by atoms with Gasteiger partial charge in [0.2, 0.25) is 0 Å². The van der Waals surface area contributed by atoms with Gasteiger partial charge in [0.15, 0.2) is 0 Å². The fourth-order valence-electron chi connectivity index (χ4n) is 3.14. The van der Waals surface area contributed by atoms with Crippen LogP contribution in [-0.4, -0.2) is 30.0 Å². The number of hydrogen-bond donors (Lipinski definition) is 1. The van der Waals surface area contributed by atoms with Gasteiger partial charge in [-0.25, -0.2) is 13.2 Å². The number of ether oxygens (including phenoxy) is 1. The molecule has 0 fully saturated rings. The second kappa shape index (κ2) is 7.74. The summed E-state index contributed by atoms with van der Waals surface area (Å²) in [5, 5.41) is 5.90. The van der Waals surface area contributed by atoms with Crippen LogP contribution < -0.4 is 0 Å². The summed E-state index contributed by atoms with van der Waals surface area (Å²) < 4.78 is 31.0. The highest BCUT2D eigenvalue weighted by Gasteiger charge is 2.48. The van der Waals surface area contributed by atoms with Crippen LogP contribution in [0.5, 0.6) is 0 Å². The van der Waals surface area contributed by atoms with Gasteiger partial charge in [0.1, 0.15) is 17.1 Å². The van der Waals surface area contributed by atoms with Crippen LogP contribution >= 0.6 is 11.8 Å². The summed E-state index contributed by atoms with van der Waals surface area (Å²) in [7, 11) is -4.40. The van der Waals surface area contributed by atoms with Crippen LogP contribution in [0.25, 0.3) is 0 Å². The third-order valence-electron chi connectivity index (χ3n) is 4.44. The number of aliphatic carboxylic acids is 1. The van der Waals surface area contributed by atoms with E-state index in [9.17, 15) is 23.1 Å². The van der Waals surface area contributed by atoms with E-state index in [1.54, 1.807) is 54.6 Å². The molecule has 8 heteroatoms. The number of carbonyl (C=O) groups excluding carboxylic acids is 1. The second-order valence-electron chi connectivity index (χ2n) is 6.26. The summed E-state index contributed by atoms with van der Waals surface area (Å²) in [4.78, 5) is 24.5. The standard InChI is InChI=1S/C19H18O6S2/c1-12-16(18(20)21)26-15-10-6-5-9-14(15)17(12)27(23,24)19(22)25-11-13-7-3-2-4-8-13/h2-10,12,16-17H,11H2,1H3,(H,20,21)/t12-,16-,17?/m1/s1. The zero-order valence-electron chi connectivity index (χ0n) is 14.4. The first-order chi connectivity index (χ1) is 12.8. The molecular weight excluding hydrogens is 388 g/mol. The molecule has 142 valence electrons. The van der Waals surface area contributed by atoms with Gasteiger partial charge >= 0.3 is 11.3 Å². The molecule has 1 aliphatic heterocycles. The SMILES string of the molecule is C[C@H]1C(S(=O)(=O)C(=O)OCc2ccccc2)c2ccccc2S[C@H]1C(=O)O. The van der Waals surface area contributed by atoms with Crippen LogP contribution in [0.4, 0.5) is 4.79 Å². The summed E-state index contributed by atoms with van der Waals surface area (Å²) in [6, 6.07) is 15.4. The predicted molar refractivity (Wildman–Crippen MR) is 101 cm³/mol. The molecular formula is C19H18O6S2. The molecule has 0 saturated carbocycles. The molecule has 2 aromatic rings. The molecule has 0 radical (unpaired) electrons. The molecule has 1 unspecified atom stereocenters. The highest BCUT2D eigenvalue weighted by atomic mass is 32.2. The van der Waals surface area contributed by atoms with E-state index in [1.165, 1.54) is 6.92 Å². The molecule has 0 saturated heterocycles. The number of carboxylic acid groups (broad SMARTS) is 1. The van der Waals surface area contributed by atoms with Crippen molar-refractivity contribution in [2.24, 2.45) is 5.92 Å². The summed E-state index contributed by atoms with van der Waals surface area (Å²) in [5.41, 5.74) is 1.10. The smallest absolute Gasteiger partial charge is 0.425 e. The van der Waals surface area contributed by atoms with Crippen molar-refractivity contribution in [3.8, 4) is 0 Å². The maximum atomic E-state index is 13.0. The largest absolute Gasteiger partial charge is 0.480 e. The van der Waals surface area contributed by atoms with E-state index in [1.807, 2.05) is 0 Å². The minimum atomic E-state index is -4.40. The summed E-state index contributed by atoms with van der Waals surface area (Å²) in [5.74, 6) is -1.91. The van der Waals surface area contributed by atoms with Crippen LogP contribution in [0.2, 0.25) is 0 Å². The maximum absolute atomic E-state index is 13.0. The molecule has 3 rings (SSSR count). The molecule has 1 N–H and O–H groups in total. The van der Waals surface area contributed by atoms with Gasteiger partial charge in [0.05, 0.1) is 0 Å². The van der Waals surface area contributed by atoms with Crippen molar-refractivity contribution in [1.82, 2.24) is 0 Å². The molecule has 1 heterocycles. The van der Waals surface area contributed by atoms with Crippen LogP contribution in [0.1, 0.15) is 23.3 Å². The van der Waals surface area contributed by atoms with Crippen LogP contribution in [-0.2, 0) is 26.0 Å². The minimum absolute atomic E-state index is 0.168. The molecule has 0 bridgehead atoms. The first-order valence-electron chi connectivity index (χ1n) is 8.25. The number of carboxylic acids is 1. The Hall–Kier alpha value is -2.32. The Kier molecular flexibility index (Phi) is 5.57. The van der Waals surface area contributed by atoms with Crippen molar-refractivity contribution >= 4 is 32.9 Å². The normalized spacial score (nSPS) is 21.9. The van der Waals surface area contributed by atoms with E-state index in [0.717, 1.165) is 11.8 Å². The van der Waals surface area contributed by atoms with Gasteiger partial charge in [0.25, 0.3) is 9.84 Å². The Morgan fingerprint density at radius 2 is 1.70 bits per heavy atom. The first-order valence-corrected chi connectivity index (χ1v) is 10.7. The zero-order chi connectivity index (χ0) is 19.6. The lowest BCUT2D eigenvalue weighted by molar-refractivity contribution is -0.137. The van der Waals surface area contributed by atoms with E-state index in [-0.39, 0.29) is 6.61 Å². The molecule has 0 spiro atoms. The quantitative estimate of drug-likeness (QED) is 0.774. The average Bonchev–Trinajstić information content (AvgIpc) is 2.65. The predicted octanol–water partition coefficient (Wildman–Crippen LogP) is 3.67. The Morgan fingerprint density at radius 1 is 1.07 bits per heavy atom. The number of hydrogen-bond acceptors (Lipinski definition) is 6. The first kappa shape index (κ1) is 19.4. The van der Waals surface area contributed by atoms with Gasteiger partial charge < -0.3 is 9.84 Å². The summed E-state index contributed by atoms with van der Waals surface area (Å²) in [6.07, 6.45) is 0. The van der Waals surface area contributed by atoms with Gasteiger partial charge in [-0.05, 0) is 17.2 Å². The number of carbonyl (C=O) groups is 2. The lowest BCUT2D eigenvalue weighted by atomic mass is 9.96. The van der Waals surface area contributed by atoms with Gasteiger partial charge in [0, 0.05) is 10.8 Å². The van der Waals surface area contributed by atoms with Gasteiger partial charge in [-0.15, -0.1) is 11.8 Å². The molecule has 6 nitrogen and oxygen atoms in total. The van der Waals surface area contributed by atoms with Crippen molar-refractivity contribution in [3.63, 3.8) is 0 Å². The number of benzene rings is 2. The van der Waals surface area contributed by atoms with Crippen LogP contribution in [0.3, 0.4) is 0 Å². The molecule has 1 aliphatic rings. The van der Waals surface area contributed by atoms with Gasteiger partial charge in [-0.1, -0.05) is 55.5 Å². The van der Waals surface area contributed by atoms with Crippen molar-refractivity contribution < 1.29 is 27.9 Å². The molecule has 2 aromatic carbocycles. The van der Waals surface area contributed by atoms with Gasteiger partial charge in [-0.3, -0.25) is 4.79 Å². The van der Waals surface area contributed by atoms with Crippen molar-refractivity contribution in [1.29, 1.82) is 0 Å². The molecule has 3 atom stereocenters. The van der Waals surface area contributed by atoms with E-state index < -0.39 is 37.5 Å². The van der Waals surface area contributed by atoms with Crippen molar-refractivity contribution in [3.05, 3.63) is 65.7 Å².